The summed E-state index contributed by atoms with van der Waals surface area (Å²) in [6, 6.07) is 4.08. The third kappa shape index (κ3) is 3.40. The van der Waals surface area contributed by atoms with Gasteiger partial charge in [-0.1, -0.05) is 6.07 Å². The van der Waals surface area contributed by atoms with Crippen molar-refractivity contribution in [3.05, 3.63) is 23.3 Å². The monoisotopic (exact) mass is 265 g/mol. The Morgan fingerprint density at radius 3 is 2.42 bits per heavy atom. The van der Waals surface area contributed by atoms with E-state index in [1.807, 2.05) is 45.7 Å². The van der Waals surface area contributed by atoms with Crippen molar-refractivity contribution in [2.75, 3.05) is 19.1 Å². The first-order chi connectivity index (χ1) is 8.69. The molecular weight excluding hydrogens is 242 g/mol. The van der Waals surface area contributed by atoms with Gasteiger partial charge in [0.05, 0.1) is 19.2 Å². The summed E-state index contributed by atoms with van der Waals surface area (Å²) in [7, 11) is 3.54. The van der Waals surface area contributed by atoms with Crippen LogP contribution < -0.4 is 9.64 Å². The molecule has 0 heterocycles. The van der Waals surface area contributed by atoms with E-state index >= 15 is 0 Å². The van der Waals surface area contributed by atoms with Gasteiger partial charge in [0, 0.05) is 12.6 Å². The standard InChI is InChI=1S/C15H23NO3/c1-10-7-11(2)14(19-6)12(8-10)16(5)15(3,4)9-13(17)18/h7-8H,9H2,1-6H3,(H,17,18). The summed E-state index contributed by atoms with van der Waals surface area (Å²) in [6.45, 7) is 7.85. The molecule has 0 fully saturated rings. The zero-order valence-electron chi connectivity index (χ0n) is 12.6. The smallest absolute Gasteiger partial charge is 0.305 e. The van der Waals surface area contributed by atoms with Gasteiger partial charge in [-0.05, 0) is 44.9 Å². The van der Waals surface area contributed by atoms with Crippen LogP contribution in [0.2, 0.25) is 0 Å². The number of carboxylic acid groups (broad SMARTS) is 1. The fourth-order valence-corrected chi connectivity index (χ4v) is 2.26. The number of ether oxygens (including phenoxy) is 1. The van der Waals surface area contributed by atoms with Crippen molar-refractivity contribution < 1.29 is 14.6 Å². The predicted molar refractivity (Wildman–Crippen MR) is 77.2 cm³/mol. The number of carboxylic acids is 1. The summed E-state index contributed by atoms with van der Waals surface area (Å²) in [5.74, 6) is -0.00763. The molecule has 0 aromatic heterocycles. The predicted octanol–water partition coefficient (Wildman–Crippen LogP) is 3.00. The molecule has 1 N–H and O–H groups in total. The number of aliphatic carboxylic acids is 1. The molecule has 106 valence electrons. The summed E-state index contributed by atoms with van der Waals surface area (Å²) in [5, 5.41) is 9.02. The largest absolute Gasteiger partial charge is 0.494 e. The molecule has 0 atom stereocenters. The van der Waals surface area contributed by atoms with Gasteiger partial charge in [-0.25, -0.2) is 0 Å². The molecule has 1 rings (SSSR count). The maximum Gasteiger partial charge on any atom is 0.305 e. The van der Waals surface area contributed by atoms with Crippen LogP contribution in [0, 0.1) is 13.8 Å². The minimum Gasteiger partial charge on any atom is -0.494 e. The van der Waals surface area contributed by atoms with Crippen LogP contribution in [-0.4, -0.2) is 30.8 Å². The first-order valence-electron chi connectivity index (χ1n) is 6.30. The van der Waals surface area contributed by atoms with Crippen molar-refractivity contribution in [3.63, 3.8) is 0 Å². The summed E-state index contributed by atoms with van der Waals surface area (Å²) in [6.07, 6.45) is 0.0691. The summed E-state index contributed by atoms with van der Waals surface area (Å²) in [5.41, 5.74) is 2.62. The molecule has 0 spiro atoms. The fourth-order valence-electron chi connectivity index (χ4n) is 2.26. The van der Waals surface area contributed by atoms with Crippen LogP contribution in [0.5, 0.6) is 5.75 Å². The van der Waals surface area contributed by atoms with Gasteiger partial charge in [-0.3, -0.25) is 4.79 Å². The third-order valence-electron chi connectivity index (χ3n) is 3.46. The molecule has 0 radical (unpaired) electrons. The quantitative estimate of drug-likeness (QED) is 0.889. The van der Waals surface area contributed by atoms with Gasteiger partial charge in [-0.15, -0.1) is 0 Å². The van der Waals surface area contributed by atoms with Crippen LogP contribution in [-0.2, 0) is 4.79 Å². The van der Waals surface area contributed by atoms with E-state index in [0.717, 1.165) is 22.6 Å². The van der Waals surface area contributed by atoms with Crippen LogP contribution in [0.15, 0.2) is 12.1 Å². The van der Waals surface area contributed by atoms with Crippen LogP contribution in [0.1, 0.15) is 31.4 Å². The van der Waals surface area contributed by atoms with Crippen LogP contribution in [0.25, 0.3) is 0 Å². The Hall–Kier alpha value is -1.71. The SMILES string of the molecule is COc1c(C)cc(C)cc1N(C)C(C)(C)CC(=O)O. The van der Waals surface area contributed by atoms with Crippen LogP contribution in [0.4, 0.5) is 5.69 Å². The van der Waals surface area contributed by atoms with Crippen molar-refractivity contribution in [1.82, 2.24) is 0 Å². The molecule has 19 heavy (non-hydrogen) atoms. The van der Waals surface area contributed by atoms with Crippen molar-refractivity contribution in [1.29, 1.82) is 0 Å². The maximum atomic E-state index is 11.0. The highest BCUT2D eigenvalue weighted by atomic mass is 16.5. The second-order valence-electron chi connectivity index (χ2n) is 5.58. The number of hydrogen-bond acceptors (Lipinski definition) is 3. The van der Waals surface area contributed by atoms with Crippen molar-refractivity contribution >= 4 is 11.7 Å². The Balaban J connectivity index is 3.25. The zero-order chi connectivity index (χ0) is 14.8. The molecule has 0 saturated carbocycles. The summed E-state index contributed by atoms with van der Waals surface area (Å²) >= 11 is 0. The minimum absolute atomic E-state index is 0.0691. The molecule has 0 aliphatic heterocycles. The van der Waals surface area contributed by atoms with E-state index in [9.17, 15) is 4.79 Å². The molecule has 4 nitrogen and oxygen atoms in total. The van der Waals surface area contributed by atoms with E-state index in [0.29, 0.717) is 0 Å². The summed E-state index contributed by atoms with van der Waals surface area (Å²) in [4.78, 5) is 13.0. The maximum absolute atomic E-state index is 11.0. The molecule has 4 heteroatoms. The van der Waals surface area contributed by atoms with Gasteiger partial charge < -0.3 is 14.7 Å². The molecule has 0 amide bonds. The van der Waals surface area contributed by atoms with E-state index in [4.69, 9.17) is 9.84 Å². The average Bonchev–Trinajstić information content (AvgIpc) is 2.25. The minimum atomic E-state index is -0.805. The number of carbonyl (C=O) groups is 1. The van der Waals surface area contributed by atoms with E-state index in [2.05, 4.69) is 6.07 Å². The Labute approximate surface area is 115 Å². The highest BCUT2D eigenvalue weighted by Crippen LogP contribution is 2.36. The number of aryl methyl sites for hydroxylation is 2. The molecule has 0 saturated heterocycles. The van der Waals surface area contributed by atoms with Crippen LogP contribution >= 0.6 is 0 Å². The second kappa shape index (κ2) is 5.51. The molecule has 0 bridgehead atoms. The van der Waals surface area contributed by atoms with Gasteiger partial charge in [0.25, 0.3) is 0 Å². The number of methoxy groups -OCH3 is 1. The Kier molecular flexibility index (Phi) is 4.45. The van der Waals surface area contributed by atoms with Gasteiger partial charge in [-0.2, -0.15) is 0 Å². The normalized spacial score (nSPS) is 11.3. The Morgan fingerprint density at radius 2 is 1.95 bits per heavy atom. The molecule has 0 unspecified atom stereocenters. The number of benzene rings is 1. The number of anilines is 1. The number of rotatable bonds is 5. The lowest BCUT2D eigenvalue weighted by Crippen LogP contribution is -2.43. The van der Waals surface area contributed by atoms with E-state index < -0.39 is 11.5 Å². The summed E-state index contributed by atoms with van der Waals surface area (Å²) < 4.78 is 5.46. The lowest BCUT2D eigenvalue weighted by molar-refractivity contribution is -0.138. The Morgan fingerprint density at radius 1 is 1.37 bits per heavy atom. The zero-order valence-corrected chi connectivity index (χ0v) is 12.6. The molecule has 1 aromatic carbocycles. The Bertz CT molecular complexity index is 481. The van der Waals surface area contributed by atoms with Gasteiger partial charge in [0.2, 0.25) is 0 Å². The first kappa shape index (κ1) is 15.3. The highest BCUT2D eigenvalue weighted by Gasteiger charge is 2.29. The van der Waals surface area contributed by atoms with Gasteiger partial charge in [0.1, 0.15) is 5.75 Å². The van der Waals surface area contributed by atoms with Crippen molar-refractivity contribution in [3.8, 4) is 5.75 Å². The molecular formula is C15H23NO3. The first-order valence-corrected chi connectivity index (χ1v) is 6.30. The lowest BCUT2D eigenvalue weighted by Gasteiger charge is -2.37. The highest BCUT2D eigenvalue weighted by molar-refractivity contribution is 5.71. The fraction of sp³-hybridized carbons (Fsp3) is 0.533. The number of hydrogen-bond donors (Lipinski definition) is 1. The lowest BCUT2D eigenvalue weighted by atomic mass is 9.97. The van der Waals surface area contributed by atoms with Crippen molar-refractivity contribution in [2.24, 2.45) is 0 Å². The second-order valence-corrected chi connectivity index (χ2v) is 5.58. The van der Waals surface area contributed by atoms with E-state index in [1.165, 1.54) is 0 Å². The third-order valence-corrected chi connectivity index (χ3v) is 3.46. The molecule has 0 aliphatic rings. The topological polar surface area (TPSA) is 49.8 Å². The van der Waals surface area contributed by atoms with E-state index in [-0.39, 0.29) is 6.42 Å². The average molecular weight is 265 g/mol. The van der Waals surface area contributed by atoms with E-state index in [1.54, 1.807) is 7.11 Å². The van der Waals surface area contributed by atoms with Crippen molar-refractivity contribution in [2.45, 2.75) is 39.7 Å². The van der Waals surface area contributed by atoms with Gasteiger partial charge in [0.15, 0.2) is 0 Å². The molecule has 0 aliphatic carbocycles. The number of nitrogens with zero attached hydrogens (tertiary/aromatic N) is 1. The van der Waals surface area contributed by atoms with Gasteiger partial charge >= 0.3 is 5.97 Å². The molecule has 1 aromatic rings. The van der Waals surface area contributed by atoms with Crippen LogP contribution in [0.3, 0.4) is 0 Å².